The third-order valence-electron chi connectivity index (χ3n) is 6.90. The normalized spacial score (nSPS) is 28.8. The minimum atomic E-state index is -0.481. The number of nitrogens with one attached hydrogen (secondary N) is 1. The van der Waals surface area contributed by atoms with E-state index in [0.717, 1.165) is 51.5 Å². The van der Waals surface area contributed by atoms with Gasteiger partial charge in [-0.05, 0) is 63.0 Å². The number of hydrogen-bond acceptors (Lipinski definition) is 5. The van der Waals surface area contributed by atoms with Crippen LogP contribution < -0.4 is 14.8 Å². The fraction of sp³-hybridized carbons (Fsp3) is 0.636. The second-order valence-electron chi connectivity index (χ2n) is 8.33. The van der Waals surface area contributed by atoms with Crippen LogP contribution in [0.25, 0.3) is 0 Å². The van der Waals surface area contributed by atoms with Gasteiger partial charge in [0.1, 0.15) is 17.6 Å². The highest BCUT2D eigenvalue weighted by Crippen LogP contribution is 2.49. The first kappa shape index (κ1) is 19.9. The summed E-state index contributed by atoms with van der Waals surface area (Å²) in [5, 5.41) is 2.79. The van der Waals surface area contributed by atoms with Gasteiger partial charge in [-0.25, -0.2) is 4.79 Å². The van der Waals surface area contributed by atoms with Crippen LogP contribution in [0.4, 0.5) is 10.5 Å². The zero-order chi connectivity index (χ0) is 20.4. The number of benzene rings is 1. The summed E-state index contributed by atoms with van der Waals surface area (Å²) in [6.45, 7) is 0.886. The van der Waals surface area contributed by atoms with Gasteiger partial charge in [0.2, 0.25) is 5.91 Å². The summed E-state index contributed by atoms with van der Waals surface area (Å²) < 4.78 is 16.3. The van der Waals surface area contributed by atoms with Crippen LogP contribution in [-0.4, -0.2) is 49.3 Å². The molecule has 0 unspecified atom stereocenters. The monoisotopic (exact) mass is 402 g/mol. The molecule has 3 fully saturated rings. The summed E-state index contributed by atoms with van der Waals surface area (Å²) in [6.07, 6.45) is 6.73. The Labute approximate surface area is 171 Å². The van der Waals surface area contributed by atoms with E-state index in [9.17, 15) is 9.59 Å². The van der Waals surface area contributed by atoms with E-state index in [1.165, 1.54) is 0 Å². The highest BCUT2D eigenvalue weighted by molar-refractivity contribution is 5.87. The summed E-state index contributed by atoms with van der Waals surface area (Å²) >= 11 is 0. The lowest BCUT2D eigenvalue weighted by molar-refractivity contribution is -0.138. The number of ether oxygens (including phenoxy) is 3. The number of anilines is 1. The molecule has 7 heteroatoms. The van der Waals surface area contributed by atoms with Gasteiger partial charge >= 0.3 is 6.09 Å². The molecule has 1 aliphatic carbocycles. The second kappa shape index (κ2) is 8.13. The van der Waals surface area contributed by atoms with Crippen LogP contribution in [0.5, 0.6) is 11.5 Å². The van der Waals surface area contributed by atoms with Gasteiger partial charge in [0.05, 0.1) is 19.9 Å². The summed E-state index contributed by atoms with van der Waals surface area (Å²) in [5.74, 6) is 1.90. The molecule has 1 aromatic carbocycles. The minimum absolute atomic E-state index is 0.0000635. The molecule has 1 saturated carbocycles. The Morgan fingerprint density at radius 2 is 2.03 bits per heavy atom. The molecule has 0 bridgehead atoms. The number of carbonyl (C=O) groups is 2. The van der Waals surface area contributed by atoms with Gasteiger partial charge in [0.25, 0.3) is 0 Å². The SMILES string of the molecule is COc1ccc(OC)c(NC(=O)O[C@@H]2CC[C@@]34CCCN3C(=O)CCC[C@H]4C2)c1. The highest BCUT2D eigenvalue weighted by Gasteiger charge is 2.52. The Morgan fingerprint density at radius 1 is 1.17 bits per heavy atom. The molecule has 2 saturated heterocycles. The molecule has 7 nitrogen and oxygen atoms in total. The van der Waals surface area contributed by atoms with E-state index in [0.29, 0.717) is 35.4 Å². The fourth-order valence-electron chi connectivity index (χ4n) is 5.56. The van der Waals surface area contributed by atoms with Gasteiger partial charge in [0, 0.05) is 24.6 Å². The molecule has 1 N–H and O–H groups in total. The lowest BCUT2D eigenvalue weighted by Crippen LogP contribution is -2.54. The molecule has 4 rings (SSSR count). The summed E-state index contributed by atoms with van der Waals surface area (Å²) in [7, 11) is 3.13. The van der Waals surface area contributed by atoms with Crippen LogP contribution in [0.3, 0.4) is 0 Å². The zero-order valence-corrected chi connectivity index (χ0v) is 17.2. The fourth-order valence-corrected chi connectivity index (χ4v) is 5.56. The quantitative estimate of drug-likeness (QED) is 0.825. The first-order valence-electron chi connectivity index (χ1n) is 10.6. The first-order valence-corrected chi connectivity index (χ1v) is 10.6. The van der Waals surface area contributed by atoms with E-state index in [2.05, 4.69) is 10.2 Å². The summed E-state index contributed by atoms with van der Waals surface area (Å²) in [6, 6.07) is 5.23. The highest BCUT2D eigenvalue weighted by atomic mass is 16.6. The van der Waals surface area contributed by atoms with Crippen molar-refractivity contribution in [2.24, 2.45) is 5.92 Å². The van der Waals surface area contributed by atoms with E-state index in [1.54, 1.807) is 32.4 Å². The van der Waals surface area contributed by atoms with Gasteiger partial charge in [-0.1, -0.05) is 0 Å². The van der Waals surface area contributed by atoms with Crippen LogP contribution in [0.1, 0.15) is 51.4 Å². The van der Waals surface area contributed by atoms with Crippen LogP contribution in [0.15, 0.2) is 18.2 Å². The average Bonchev–Trinajstić information content (AvgIpc) is 3.09. The Kier molecular flexibility index (Phi) is 5.56. The average molecular weight is 402 g/mol. The van der Waals surface area contributed by atoms with Gasteiger partial charge < -0.3 is 19.1 Å². The number of rotatable bonds is 4. The van der Waals surface area contributed by atoms with Crippen molar-refractivity contribution in [1.82, 2.24) is 4.90 Å². The molecule has 0 aromatic heterocycles. The molecular weight excluding hydrogens is 372 g/mol. The number of amides is 2. The Balaban J connectivity index is 1.41. The van der Waals surface area contributed by atoms with Crippen molar-refractivity contribution in [3.05, 3.63) is 18.2 Å². The van der Waals surface area contributed by atoms with E-state index < -0.39 is 6.09 Å². The molecule has 29 heavy (non-hydrogen) atoms. The van der Waals surface area contributed by atoms with E-state index in [-0.39, 0.29) is 11.6 Å². The Hall–Kier alpha value is -2.44. The zero-order valence-electron chi connectivity index (χ0n) is 17.2. The first-order chi connectivity index (χ1) is 14.1. The van der Waals surface area contributed by atoms with Crippen molar-refractivity contribution < 1.29 is 23.8 Å². The molecule has 1 spiro atoms. The van der Waals surface area contributed by atoms with Crippen molar-refractivity contribution >= 4 is 17.7 Å². The Morgan fingerprint density at radius 3 is 2.83 bits per heavy atom. The maximum absolute atomic E-state index is 12.6. The van der Waals surface area contributed by atoms with Crippen molar-refractivity contribution in [3.8, 4) is 11.5 Å². The smallest absolute Gasteiger partial charge is 0.412 e. The maximum Gasteiger partial charge on any atom is 0.412 e. The maximum atomic E-state index is 12.6. The third-order valence-corrected chi connectivity index (χ3v) is 6.90. The molecular formula is C22H30N2O5. The molecule has 1 aromatic rings. The van der Waals surface area contributed by atoms with Crippen LogP contribution >= 0.6 is 0 Å². The number of hydrogen-bond donors (Lipinski definition) is 1. The molecule has 2 heterocycles. The number of carbonyl (C=O) groups excluding carboxylic acids is 2. The van der Waals surface area contributed by atoms with Crippen molar-refractivity contribution in [2.45, 2.75) is 63.0 Å². The molecule has 3 aliphatic rings. The van der Waals surface area contributed by atoms with E-state index >= 15 is 0 Å². The lowest BCUT2D eigenvalue weighted by atomic mass is 9.69. The van der Waals surface area contributed by atoms with Crippen molar-refractivity contribution in [1.29, 1.82) is 0 Å². The predicted molar refractivity (Wildman–Crippen MR) is 108 cm³/mol. The topological polar surface area (TPSA) is 77.1 Å². The van der Waals surface area contributed by atoms with Gasteiger partial charge in [0.15, 0.2) is 0 Å². The van der Waals surface area contributed by atoms with Crippen LogP contribution in [-0.2, 0) is 9.53 Å². The number of nitrogens with zero attached hydrogens (tertiary/aromatic N) is 1. The molecule has 2 amide bonds. The summed E-state index contributed by atoms with van der Waals surface area (Å²) in [5.41, 5.74) is 0.520. The standard InChI is InChI=1S/C22H30N2O5/c1-27-16-7-8-19(28-2)18(14-16)23-21(26)29-17-9-11-22-10-4-12-24(22)20(25)6-3-5-15(22)13-17/h7-8,14-15,17H,3-6,9-13H2,1-2H3,(H,23,26)/t15-,17+,22+/m0/s1. The van der Waals surface area contributed by atoms with E-state index in [4.69, 9.17) is 14.2 Å². The van der Waals surface area contributed by atoms with Crippen LogP contribution in [0, 0.1) is 5.92 Å². The third kappa shape index (κ3) is 3.74. The molecule has 158 valence electrons. The Bertz CT molecular complexity index is 782. The summed E-state index contributed by atoms with van der Waals surface area (Å²) in [4.78, 5) is 27.2. The molecule has 3 atom stereocenters. The van der Waals surface area contributed by atoms with Crippen molar-refractivity contribution in [2.75, 3.05) is 26.1 Å². The predicted octanol–water partition coefficient (Wildman–Crippen LogP) is 3.97. The van der Waals surface area contributed by atoms with Crippen LogP contribution in [0.2, 0.25) is 0 Å². The minimum Gasteiger partial charge on any atom is -0.497 e. The second-order valence-corrected chi connectivity index (χ2v) is 8.33. The van der Waals surface area contributed by atoms with E-state index in [1.807, 2.05) is 0 Å². The number of methoxy groups -OCH3 is 2. The molecule has 2 aliphatic heterocycles. The van der Waals surface area contributed by atoms with Gasteiger partial charge in [-0.3, -0.25) is 10.1 Å². The van der Waals surface area contributed by atoms with Crippen molar-refractivity contribution in [3.63, 3.8) is 0 Å². The van der Waals surface area contributed by atoms with Gasteiger partial charge in [-0.2, -0.15) is 0 Å². The largest absolute Gasteiger partial charge is 0.497 e. The lowest BCUT2D eigenvalue weighted by Gasteiger charge is -2.48. The molecule has 0 radical (unpaired) electrons. The van der Waals surface area contributed by atoms with Gasteiger partial charge in [-0.15, -0.1) is 0 Å².